The van der Waals surface area contributed by atoms with E-state index in [0.717, 1.165) is 0 Å². The van der Waals surface area contributed by atoms with Gasteiger partial charge in [0, 0.05) is 10.5 Å². The van der Waals surface area contributed by atoms with Crippen molar-refractivity contribution >= 4 is 21.6 Å². The molecule has 86 valence electrons. The number of nitrogens with zero attached hydrogens (tertiary/aromatic N) is 1. The van der Waals surface area contributed by atoms with Gasteiger partial charge in [-0.05, 0) is 29.8 Å². The Labute approximate surface area is 106 Å². The Bertz CT molecular complexity index is 566. The monoisotopic (exact) mass is 293 g/mol. The summed E-state index contributed by atoms with van der Waals surface area (Å²) in [5, 5.41) is 20.1. The molecule has 4 nitrogen and oxygen atoms in total. The Morgan fingerprint density at radius 3 is 2.35 bits per heavy atom. The molecule has 0 aromatic heterocycles. The van der Waals surface area contributed by atoms with Crippen LogP contribution in [-0.4, -0.2) is 10.0 Å². The van der Waals surface area contributed by atoms with Gasteiger partial charge >= 0.3 is 0 Å². The van der Waals surface area contributed by atoms with Gasteiger partial charge in [0.25, 0.3) is 5.69 Å². The lowest BCUT2D eigenvalue weighted by atomic mass is 10.0. The third kappa shape index (κ3) is 2.45. The molecular weight excluding hydrogens is 286 g/mol. The Morgan fingerprint density at radius 1 is 1.12 bits per heavy atom. The second-order valence-corrected chi connectivity index (χ2v) is 4.38. The van der Waals surface area contributed by atoms with Crippen molar-refractivity contribution in [1.29, 1.82) is 0 Å². The molecule has 0 radical (unpaired) electrons. The molecule has 0 saturated carbocycles. The maximum atomic E-state index is 10.9. The zero-order valence-electron chi connectivity index (χ0n) is 8.63. The zero-order chi connectivity index (χ0) is 12.4. The lowest BCUT2D eigenvalue weighted by Gasteiger charge is -2.04. The highest BCUT2D eigenvalue weighted by Crippen LogP contribution is 2.32. The largest absolute Gasteiger partial charge is 0.508 e. The summed E-state index contributed by atoms with van der Waals surface area (Å²) in [6.45, 7) is 0. The number of nitro benzene ring substituents is 1. The van der Waals surface area contributed by atoms with E-state index in [-0.39, 0.29) is 11.4 Å². The van der Waals surface area contributed by atoms with Crippen LogP contribution in [0.5, 0.6) is 5.75 Å². The predicted octanol–water partition coefficient (Wildman–Crippen LogP) is 3.73. The molecule has 1 N–H and O–H groups in total. The van der Waals surface area contributed by atoms with E-state index in [1.54, 1.807) is 24.3 Å². The molecule has 0 atom stereocenters. The molecule has 2 rings (SSSR count). The minimum atomic E-state index is -0.424. The van der Waals surface area contributed by atoms with Crippen molar-refractivity contribution in [2.45, 2.75) is 0 Å². The third-order valence-electron chi connectivity index (χ3n) is 2.33. The first-order valence-corrected chi connectivity index (χ1v) is 5.60. The number of hydrogen-bond donors (Lipinski definition) is 1. The van der Waals surface area contributed by atoms with E-state index in [1.807, 2.05) is 0 Å². The number of rotatable bonds is 2. The van der Waals surface area contributed by atoms with Crippen LogP contribution in [0.3, 0.4) is 0 Å². The fraction of sp³-hybridized carbons (Fsp3) is 0. The molecule has 2 aromatic rings. The average Bonchev–Trinajstić information content (AvgIpc) is 2.30. The molecule has 0 heterocycles. The number of phenols is 1. The highest BCUT2D eigenvalue weighted by atomic mass is 79.9. The van der Waals surface area contributed by atoms with Crippen molar-refractivity contribution in [1.82, 2.24) is 0 Å². The van der Waals surface area contributed by atoms with Crippen LogP contribution in [0.4, 0.5) is 5.69 Å². The fourth-order valence-corrected chi connectivity index (χ4v) is 1.89. The van der Waals surface area contributed by atoms with Gasteiger partial charge in [-0.15, -0.1) is 0 Å². The lowest BCUT2D eigenvalue weighted by molar-refractivity contribution is -0.384. The van der Waals surface area contributed by atoms with E-state index >= 15 is 0 Å². The molecule has 0 spiro atoms. The van der Waals surface area contributed by atoms with Crippen LogP contribution in [0.2, 0.25) is 0 Å². The van der Waals surface area contributed by atoms with Gasteiger partial charge in [0.2, 0.25) is 0 Å². The number of halogens is 1. The van der Waals surface area contributed by atoms with Crippen LogP contribution in [0, 0.1) is 10.1 Å². The minimum Gasteiger partial charge on any atom is -0.508 e. The van der Waals surface area contributed by atoms with E-state index in [4.69, 9.17) is 0 Å². The van der Waals surface area contributed by atoms with Gasteiger partial charge in [0.1, 0.15) is 5.75 Å². The van der Waals surface area contributed by atoms with Gasteiger partial charge in [0.15, 0.2) is 0 Å². The maximum Gasteiger partial charge on any atom is 0.278 e. The van der Waals surface area contributed by atoms with Crippen LogP contribution in [0.1, 0.15) is 0 Å². The van der Waals surface area contributed by atoms with Gasteiger partial charge in [-0.1, -0.05) is 28.1 Å². The molecule has 17 heavy (non-hydrogen) atoms. The summed E-state index contributed by atoms with van der Waals surface area (Å²) < 4.78 is 0.659. The molecule has 0 saturated heterocycles. The normalized spacial score (nSPS) is 10.2. The van der Waals surface area contributed by atoms with E-state index in [0.29, 0.717) is 15.6 Å². The first-order chi connectivity index (χ1) is 8.08. The van der Waals surface area contributed by atoms with Crippen molar-refractivity contribution in [3.63, 3.8) is 0 Å². The Kier molecular flexibility index (Phi) is 3.10. The molecule has 0 aliphatic heterocycles. The number of nitro groups is 1. The van der Waals surface area contributed by atoms with E-state index in [1.165, 1.54) is 18.2 Å². The van der Waals surface area contributed by atoms with Crippen LogP contribution in [0.25, 0.3) is 11.1 Å². The topological polar surface area (TPSA) is 63.4 Å². The van der Waals surface area contributed by atoms with Crippen molar-refractivity contribution in [2.24, 2.45) is 0 Å². The Morgan fingerprint density at radius 2 is 1.76 bits per heavy atom. The van der Waals surface area contributed by atoms with Gasteiger partial charge < -0.3 is 5.11 Å². The predicted molar refractivity (Wildman–Crippen MR) is 67.9 cm³/mol. The van der Waals surface area contributed by atoms with Crippen LogP contribution in [-0.2, 0) is 0 Å². The smallest absolute Gasteiger partial charge is 0.278 e. The van der Waals surface area contributed by atoms with Crippen LogP contribution < -0.4 is 0 Å². The zero-order valence-corrected chi connectivity index (χ0v) is 10.2. The van der Waals surface area contributed by atoms with E-state index < -0.39 is 4.92 Å². The number of hydrogen-bond acceptors (Lipinski definition) is 3. The standard InChI is InChI=1S/C12H8BrNO3/c13-9-3-6-11(12(7-9)14(16)17)8-1-4-10(15)5-2-8/h1-7,15H. The van der Waals surface area contributed by atoms with Gasteiger partial charge in [-0.2, -0.15) is 0 Å². The van der Waals surface area contributed by atoms with Crippen molar-refractivity contribution in [3.05, 3.63) is 57.1 Å². The third-order valence-corrected chi connectivity index (χ3v) is 2.83. The second-order valence-electron chi connectivity index (χ2n) is 3.47. The van der Waals surface area contributed by atoms with Crippen LogP contribution >= 0.6 is 15.9 Å². The van der Waals surface area contributed by atoms with E-state index in [2.05, 4.69) is 15.9 Å². The second kappa shape index (κ2) is 4.55. The summed E-state index contributed by atoms with van der Waals surface area (Å²) in [4.78, 5) is 10.5. The van der Waals surface area contributed by atoms with Crippen molar-refractivity contribution in [2.75, 3.05) is 0 Å². The molecule has 0 fully saturated rings. The summed E-state index contributed by atoms with van der Waals surface area (Å²) in [5.41, 5.74) is 1.25. The maximum absolute atomic E-state index is 10.9. The SMILES string of the molecule is O=[N+]([O-])c1cc(Br)ccc1-c1ccc(O)cc1. The summed E-state index contributed by atoms with van der Waals surface area (Å²) >= 11 is 3.20. The molecule has 0 unspecified atom stereocenters. The minimum absolute atomic E-state index is 0.0325. The summed E-state index contributed by atoms with van der Waals surface area (Å²) in [7, 11) is 0. The molecule has 0 aliphatic carbocycles. The lowest BCUT2D eigenvalue weighted by Crippen LogP contribution is -1.91. The molecule has 0 bridgehead atoms. The number of benzene rings is 2. The molecule has 5 heteroatoms. The number of phenolic OH excluding ortho intramolecular Hbond substituents is 1. The quantitative estimate of drug-likeness (QED) is 0.678. The Hall–Kier alpha value is -1.88. The average molecular weight is 294 g/mol. The highest BCUT2D eigenvalue weighted by Gasteiger charge is 2.15. The van der Waals surface area contributed by atoms with Crippen molar-refractivity contribution < 1.29 is 10.0 Å². The molecular formula is C12H8BrNO3. The van der Waals surface area contributed by atoms with Gasteiger partial charge in [-0.3, -0.25) is 10.1 Å². The Balaban J connectivity index is 2.58. The van der Waals surface area contributed by atoms with Gasteiger partial charge in [-0.25, -0.2) is 0 Å². The van der Waals surface area contributed by atoms with Gasteiger partial charge in [0.05, 0.1) is 10.5 Å². The first-order valence-electron chi connectivity index (χ1n) is 4.81. The summed E-state index contributed by atoms with van der Waals surface area (Å²) in [6, 6.07) is 11.2. The van der Waals surface area contributed by atoms with Crippen LogP contribution in [0.15, 0.2) is 46.9 Å². The fourth-order valence-electron chi connectivity index (χ4n) is 1.54. The molecule has 0 amide bonds. The van der Waals surface area contributed by atoms with Crippen molar-refractivity contribution in [3.8, 4) is 16.9 Å². The molecule has 2 aromatic carbocycles. The summed E-state index contributed by atoms with van der Waals surface area (Å²) in [5.74, 6) is 0.133. The van der Waals surface area contributed by atoms with E-state index in [9.17, 15) is 15.2 Å². The first kappa shape index (κ1) is 11.6. The number of aromatic hydroxyl groups is 1. The summed E-state index contributed by atoms with van der Waals surface area (Å²) in [6.07, 6.45) is 0. The molecule has 0 aliphatic rings. The highest BCUT2D eigenvalue weighted by molar-refractivity contribution is 9.10.